The van der Waals surface area contributed by atoms with Crippen LogP contribution in [0.3, 0.4) is 0 Å². The number of guanidine groups is 1. The van der Waals surface area contributed by atoms with Gasteiger partial charge in [-0.1, -0.05) is 30.3 Å². The zero-order chi connectivity index (χ0) is 17.8. The van der Waals surface area contributed by atoms with Gasteiger partial charge in [-0.2, -0.15) is 0 Å². The van der Waals surface area contributed by atoms with E-state index in [1.807, 2.05) is 7.05 Å². The van der Waals surface area contributed by atoms with Gasteiger partial charge in [-0.05, 0) is 31.2 Å². The van der Waals surface area contributed by atoms with Crippen molar-refractivity contribution in [1.29, 1.82) is 0 Å². The first kappa shape index (κ1) is 17.8. The van der Waals surface area contributed by atoms with Gasteiger partial charge in [0.25, 0.3) is 0 Å². The van der Waals surface area contributed by atoms with Crippen LogP contribution in [-0.4, -0.2) is 57.4 Å². The molecule has 0 saturated carbocycles. The third kappa shape index (κ3) is 3.74. The Morgan fingerprint density at radius 1 is 1.27 bits per heavy atom. The molecule has 3 saturated heterocycles. The Bertz CT molecular complexity index is 613. The molecule has 26 heavy (non-hydrogen) atoms. The molecule has 1 aromatic rings. The first-order valence-corrected chi connectivity index (χ1v) is 10.00. The Balaban J connectivity index is 1.37. The van der Waals surface area contributed by atoms with Gasteiger partial charge in [0.15, 0.2) is 5.96 Å². The molecular weight excluding hydrogens is 326 g/mol. The van der Waals surface area contributed by atoms with Crippen molar-refractivity contribution in [3.05, 3.63) is 35.9 Å². The lowest BCUT2D eigenvalue weighted by Gasteiger charge is -2.33. The van der Waals surface area contributed by atoms with Crippen molar-refractivity contribution in [3.8, 4) is 0 Å². The smallest absolute Gasteiger partial charge is 0.193 e. The second-order valence-electron chi connectivity index (χ2n) is 8.01. The normalized spacial score (nSPS) is 32.3. The summed E-state index contributed by atoms with van der Waals surface area (Å²) in [5, 5.41) is 3.64. The fourth-order valence-electron chi connectivity index (χ4n) is 4.71. The van der Waals surface area contributed by atoms with Crippen LogP contribution >= 0.6 is 0 Å². The van der Waals surface area contributed by atoms with Crippen molar-refractivity contribution in [2.24, 2.45) is 16.3 Å². The molecule has 0 aliphatic carbocycles. The molecule has 0 radical (unpaired) electrons. The van der Waals surface area contributed by atoms with E-state index in [4.69, 9.17) is 9.47 Å². The number of rotatable bonds is 3. The molecule has 3 heterocycles. The Morgan fingerprint density at radius 3 is 2.92 bits per heavy atom. The predicted octanol–water partition coefficient (Wildman–Crippen LogP) is 2.84. The highest BCUT2D eigenvalue weighted by Crippen LogP contribution is 2.38. The van der Waals surface area contributed by atoms with E-state index in [1.165, 1.54) is 24.8 Å². The van der Waals surface area contributed by atoms with Crippen molar-refractivity contribution in [1.82, 2.24) is 10.2 Å². The zero-order valence-electron chi connectivity index (χ0n) is 15.8. The minimum atomic E-state index is 0.184. The second-order valence-corrected chi connectivity index (χ2v) is 8.01. The molecule has 1 spiro atoms. The Labute approximate surface area is 156 Å². The van der Waals surface area contributed by atoms with Gasteiger partial charge in [-0.25, -0.2) is 0 Å². The lowest BCUT2D eigenvalue weighted by atomic mass is 9.87. The van der Waals surface area contributed by atoms with Gasteiger partial charge in [0.2, 0.25) is 0 Å². The fourth-order valence-corrected chi connectivity index (χ4v) is 4.71. The van der Waals surface area contributed by atoms with Crippen molar-refractivity contribution in [3.63, 3.8) is 0 Å². The fraction of sp³-hybridized carbons (Fsp3) is 0.667. The number of benzene rings is 1. The summed E-state index contributed by atoms with van der Waals surface area (Å²) in [5.41, 5.74) is 1.65. The van der Waals surface area contributed by atoms with Crippen molar-refractivity contribution < 1.29 is 9.47 Å². The molecule has 3 aliphatic heterocycles. The van der Waals surface area contributed by atoms with E-state index in [-0.39, 0.29) is 6.10 Å². The lowest BCUT2D eigenvalue weighted by Crippen LogP contribution is -2.44. The van der Waals surface area contributed by atoms with E-state index < -0.39 is 0 Å². The van der Waals surface area contributed by atoms with Crippen molar-refractivity contribution in [2.75, 3.05) is 46.5 Å². The standard InChI is InChI=1S/C21H31N3O2/c1-22-20(24-11-9-21(15-24)10-13-25-16-21)23-14-18-8-5-12-26-19(18)17-6-3-2-4-7-17/h2-4,6-7,18-19H,5,8-16H2,1H3,(H,22,23). The Hall–Kier alpha value is -1.59. The van der Waals surface area contributed by atoms with Gasteiger partial charge in [0.1, 0.15) is 0 Å². The molecule has 1 N–H and O–H groups in total. The molecule has 3 atom stereocenters. The molecule has 3 fully saturated rings. The van der Waals surface area contributed by atoms with E-state index in [9.17, 15) is 0 Å². The summed E-state index contributed by atoms with van der Waals surface area (Å²) in [6.45, 7) is 5.74. The Morgan fingerprint density at radius 2 is 2.15 bits per heavy atom. The molecule has 1 aromatic carbocycles. The van der Waals surface area contributed by atoms with Gasteiger partial charge in [0, 0.05) is 51.2 Å². The lowest BCUT2D eigenvalue weighted by molar-refractivity contribution is -0.0266. The molecule has 5 nitrogen and oxygen atoms in total. The maximum atomic E-state index is 6.13. The number of hydrogen-bond donors (Lipinski definition) is 1. The summed E-state index contributed by atoms with van der Waals surface area (Å²) in [6, 6.07) is 10.6. The summed E-state index contributed by atoms with van der Waals surface area (Å²) < 4.78 is 11.8. The van der Waals surface area contributed by atoms with E-state index in [0.29, 0.717) is 11.3 Å². The third-order valence-corrected chi connectivity index (χ3v) is 6.23. The monoisotopic (exact) mass is 357 g/mol. The minimum Gasteiger partial charge on any atom is -0.381 e. The first-order chi connectivity index (χ1) is 12.8. The van der Waals surface area contributed by atoms with E-state index in [2.05, 4.69) is 45.5 Å². The average Bonchev–Trinajstić information content (AvgIpc) is 3.33. The van der Waals surface area contributed by atoms with Gasteiger partial charge in [-0.3, -0.25) is 4.99 Å². The highest BCUT2D eigenvalue weighted by atomic mass is 16.5. The molecule has 142 valence electrons. The maximum Gasteiger partial charge on any atom is 0.193 e. The molecule has 3 unspecified atom stereocenters. The van der Waals surface area contributed by atoms with Crippen LogP contribution in [0.4, 0.5) is 0 Å². The molecule has 0 aromatic heterocycles. The number of likely N-dealkylation sites (tertiary alicyclic amines) is 1. The number of ether oxygens (including phenoxy) is 2. The second kappa shape index (κ2) is 7.97. The number of nitrogens with zero attached hydrogens (tertiary/aromatic N) is 2. The summed E-state index contributed by atoms with van der Waals surface area (Å²) >= 11 is 0. The van der Waals surface area contributed by atoms with Crippen LogP contribution in [0.2, 0.25) is 0 Å². The third-order valence-electron chi connectivity index (χ3n) is 6.23. The summed E-state index contributed by atoms with van der Waals surface area (Å²) in [6.07, 6.45) is 4.92. The molecule has 0 amide bonds. The highest BCUT2D eigenvalue weighted by molar-refractivity contribution is 5.80. The zero-order valence-corrected chi connectivity index (χ0v) is 15.8. The Kier molecular flexibility index (Phi) is 5.46. The minimum absolute atomic E-state index is 0.184. The van der Waals surface area contributed by atoms with Gasteiger partial charge in [0.05, 0.1) is 12.7 Å². The van der Waals surface area contributed by atoms with Gasteiger partial charge < -0.3 is 19.7 Å². The topological polar surface area (TPSA) is 46.1 Å². The highest BCUT2D eigenvalue weighted by Gasteiger charge is 2.42. The van der Waals surface area contributed by atoms with Crippen LogP contribution in [0.15, 0.2) is 35.3 Å². The van der Waals surface area contributed by atoms with Gasteiger partial charge in [-0.15, -0.1) is 0 Å². The molecule has 5 heteroatoms. The largest absolute Gasteiger partial charge is 0.381 e. The number of hydrogen-bond acceptors (Lipinski definition) is 3. The summed E-state index contributed by atoms with van der Waals surface area (Å²) in [4.78, 5) is 6.97. The molecular formula is C21H31N3O2. The van der Waals surface area contributed by atoms with Crippen LogP contribution in [0.25, 0.3) is 0 Å². The number of aliphatic imine (C=N–C) groups is 1. The SMILES string of the molecule is CN=C(NCC1CCCOC1c1ccccc1)N1CCC2(CCOC2)C1. The summed E-state index contributed by atoms with van der Waals surface area (Å²) in [7, 11) is 1.89. The number of nitrogens with one attached hydrogen (secondary N) is 1. The van der Waals surface area contributed by atoms with E-state index in [1.54, 1.807) is 0 Å². The predicted molar refractivity (Wildman–Crippen MR) is 103 cm³/mol. The van der Waals surface area contributed by atoms with E-state index >= 15 is 0 Å². The van der Waals surface area contributed by atoms with E-state index in [0.717, 1.165) is 51.8 Å². The quantitative estimate of drug-likeness (QED) is 0.667. The maximum absolute atomic E-state index is 6.13. The van der Waals surface area contributed by atoms with Crippen LogP contribution in [-0.2, 0) is 9.47 Å². The first-order valence-electron chi connectivity index (χ1n) is 10.00. The van der Waals surface area contributed by atoms with Crippen LogP contribution in [0, 0.1) is 11.3 Å². The van der Waals surface area contributed by atoms with Crippen LogP contribution in [0.1, 0.15) is 37.4 Å². The molecule has 3 aliphatic rings. The van der Waals surface area contributed by atoms with Crippen LogP contribution in [0.5, 0.6) is 0 Å². The van der Waals surface area contributed by atoms with Crippen LogP contribution < -0.4 is 5.32 Å². The van der Waals surface area contributed by atoms with Gasteiger partial charge >= 0.3 is 0 Å². The summed E-state index contributed by atoms with van der Waals surface area (Å²) in [5.74, 6) is 1.51. The molecule has 4 rings (SSSR count). The average molecular weight is 357 g/mol. The van der Waals surface area contributed by atoms with Crippen molar-refractivity contribution in [2.45, 2.75) is 31.8 Å². The van der Waals surface area contributed by atoms with Crippen molar-refractivity contribution >= 4 is 5.96 Å². The molecule has 0 bridgehead atoms.